The Morgan fingerprint density at radius 3 is 2.58 bits per heavy atom. The van der Waals surface area contributed by atoms with Gasteiger partial charge in [0.05, 0.1) is 6.10 Å². The molecule has 0 aliphatic carbocycles. The molecule has 1 N–H and O–H groups in total. The zero-order valence-electron chi connectivity index (χ0n) is 11.0. The van der Waals surface area contributed by atoms with Gasteiger partial charge in [-0.1, -0.05) is 0 Å². The van der Waals surface area contributed by atoms with Crippen LogP contribution in [0, 0.1) is 5.82 Å². The minimum atomic E-state index is -0.703. The van der Waals surface area contributed by atoms with Crippen molar-refractivity contribution in [3.63, 3.8) is 0 Å². The number of aliphatic hydroxyl groups is 1. The number of aromatic nitrogens is 1. The topological polar surface area (TPSA) is 36.4 Å². The van der Waals surface area contributed by atoms with Crippen LogP contribution in [0.15, 0.2) is 42.7 Å². The third-order valence-electron chi connectivity index (χ3n) is 3.02. The van der Waals surface area contributed by atoms with Crippen LogP contribution in [-0.2, 0) is 6.54 Å². The zero-order chi connectivity index (χ0) is 13.8. The molecule has 1 aromatic heterocycles. The molecule has 0 radical (unpaired) electrons. The monoisotopic (exact) mass is 260 g/mol. The molecule has 0 fully saturated rings. The van der Waals surface area contributed by atoms with Crippen molar-refractivity contribution in [3.8, 4) is 0 Å². The molecule has 19 heavy (non-hydrogen) atoms. The Morgan fingerprint density at radius 1 is 1.26 bits per heavy atom. The molecule has 0 aliphatic heterocycles. The van der Waals surface area contributed by atoms with E-state index in [1.807, 2.05) is 24.1 Å². The number of anilines is 1. The van der Waals surface area contributed by atoms with Gasteiger partial charge in [0.25, 0.3) is 0 Å². The van der Waals surface area contributed by atoms with Gasteiger partial charge in [-0.05, 0) is 42.8 Å². The molecule has 0 unspecified atom stereocenters. The maximum Gasteiger partial charge on any atom is 0.123 e. The van der Waals surface area contributed by atoms with Crippen molar-refractivity contribution in [2.24, 2.45) is 0 Å². The SMILES string of the molecule is C[C@@H](O)c1cc(F)ccc1N(C)Cc1ccncc1. The lowest BCUT2D eigenvalue weighted by molar-refractivity contribution is 0.199. The minimum Gasteiger partial charge on any atom is -0.389 e. The van der Waals surface area contributed by atoms with Crippen molar-refractivity contribution in [1.82, 2.24) is 4.98 Å². The Balaban J connectivity index is 2.26. The molecular weight excluding hydrogens is 243 g/mol. The van der Waals surface area contributed by atoms with Gasteiger partial charge in [-0.15, -0.1) is 0 Å². The molecule has 0 bridgehead atoms. The summed E-state index contributed by atoms with van der Waals surface area (Å²) in [5.41, 5.74) is 2.53. The van der Waals surface area contributed by atoms with E-state index in [-0.39, 0.29) is 5.82 Å². The largest absolute Gasteiger partial charge is 0.389 e. The van der Waals surface area contributed by atoms with Crippen LogP contribution in [0.5, 0.6) is 0 Å². The number of aliphatic hydroxyl groups excluding tert-OH is 1. The van der Waals surface area contributed by atoms with Gasteiger partial charge in [0.2, 0.25) is 0 Å². The molecule has 2 aromatic rings. The van der Waals surface area contributed by atoms with Gasteiger partial charge in [0.1, 0.15) is 5.82 Å². The van der Waals surface area contributed by atoms with Crippen LogP contribution in [0.1, 0.15) is 24.2 Å². The third kappa shape index (κ3) is 3.29. The average molecular weight is 260 g/mol. The molecule has 3 nitrogen and oxygen atoms in total. The average Bonchev–Trinajstić information content (AvgIpc) is 2.39. The molecule has 2 rings (SSSR count). The van der Waals surface area contributed by atoms with E-state index in [0.717, 1.165) is 11.3 Å². The molecule has 1 aromatic carbocycles. The summed E-state index contributed by atoms with van der Waals surface area (Å²) in [4.78, 5) is 5.96. The molecular formula is C15H17FN2O. The van der Waals surface area contributed by atoms with Gasteiger partial charge in [-0.25, -0.2) is 4.39 Å². The predicted molar refractivity (Wildman–Crippen MR) is 73.4 cm³/mol. The Bertz CT molecular complexity index is 543. The van der Waals surface area contributed by atoms with Crippen LogP contribution in [-0.4, -0.2) is 17.1 Å². The molecule has 0 saturated heterocycles. The molecule has 1 atom stereocenters. The Morgan fingerprint density at radius 2 is 1.95 bits per heavy atom. The second-order valence-electron chi connectivity index (χ2n) is 4.59. The van der Waals surface area contributed by atoms with Crippen molar-refractivity contribution in [2.75, 3.05) is 11.9 Å². The van der Waals surface area contributed by atoms with Crippen LogP contribution in [0.3, 0.4) is 0 Å². The predicted octanol–water partition coefficient (Wildman–Crippen LogP) is 2.91. The Hall–Kier alpha value is -1.94. The number of halogens is 1. The summed E-state index contributed by atoms with van der Waals surface area (Å²) < 4.78 is 13.3. The van der Waals surface area contributed by atoms with Crippen LogP contribution >= 0.6 is 0 Å². The van der Waals surface area contributed by atoms with Crippen LogP contribution in [0.2, 0.25) is 0 Å². The van der Waals surface area contributed by atoms with Gasteiger partial charge < -0.3 is 10.0 Å². The van der Waals surface area contributed by atoms with Gasteiger partial charge in [-0.2, -0.15) is 0 Å². The summed E-state index contributed by atoms with van der Waals surface area (Å²) in [7, 11) is 1.92. The Labute approximate surface area is 112 Å². The number of nitrogens with zero attached hydrogens (tertiary/aromatic N) is 2. The fourth-order valence-corrected chi connectivity index (χ4v) is 2.05. The normalized spacial score (nSPS) is 12.2. The highest BCUT2D eigenvalue weighted by Gasteiger charge is 2.13. The van der Waals surface area contributed by atoms with E-state index in [1.165, 1.54) is 12.1 Å². The van der Waals surface area contributed by atoms with Crippen LogP contribution < -0.4 is 4.90 Å². The highest BCUT2D eigenvalue weighted by atomic mass is 19.1. The first-order valence-electron chi connectivity index (χ1n) is 6.15. The van der Waals surface area contributed by atoms with Gasteiger partial charge in [0, 0.05) is 37.2 Å². The van der Waals surface area contributed by atoms with Gasteiger partial charge in [0.15, 0.2) is 0 Å². The molecule has 4 heteroatoms. The fraction of sp³-hybridized carbons (Fsp3) is 0.267. The van der Waals surface area contributed by atoms with Crippen molar-refractivity contribution in [2.45, 2.75) is 19.6 Å². The van der Waals surface area contributed by atoms with Crippen molar-refractivity contribution in [3.05, 3.63) is 59.7 Å². The molecule has 100 valence electrons. The minimum absolute atomic E-state index is 0.336. The second kappa shape index (κ2) is 5.80. The van der Waals surface area contributed by atoms with Crippen LogP contribution in [0.4, 0.5) is 10.1 Å². The Kier molecular flexibility index (Phi) is 4.12. The molecule has 0 amide bonds. The van der Waals surface area contributed by atoms with Crippen molar-refractivity contribution in [1.29, 1.82) is 0 Å². The summed E-state index contributed by atoms with van der Waals surface area (Å²) in [5.74, 6) is -0.336. The second-order valence-corrected chi connectivity index (χ2v) is 4.59. The standard InChI is InChI=1S/C15H17FN2O/c1-11(19)14-9-13(16)3-4-15(14)18(2)10-12-5-7-17-8-6-12/h3-9,11,19H,10H2,1-2H3/t11-/m1/s1. The lowest BCUT2D eigenvalue weighted by Gasteiger charge is -2.23. The van der Waals surface area contributed by atoms with E-state index < -0.39 is 6.10 Å². The first-order valence-corrected chi connectivity index (χ1v) is 6.15. The number of benzene rings is 1. The van der Waals surface area contributed by atoms with E-state index in [1.54, 1.807) is 25.4 Å². The van der Waals surface area contributed by atoms with E-state index in [2.05, 4.69) is 4.98 Å². The van der Waals surface area contributed by atoms with E-state index in [9.17, 15) is 9.50 Å². The lowest BCUT2D eigenvalue weighted by atomic mass is 10.1. The fourth-order valence-electron chi connectivity index (χ4n) is 2.05. The molecule has 0 spiro atoms. The van der Waals surface area contributed by atoms with Crippen LogP contribution in [0.25, 0.3) is 0 Å². The van der Waals surface area contributed by atoms with E-state index >= 15 is 0 Å². The first kappa shape index (κ1) is 13.5. The van der Waals surface area contributed by atoms with Crippen molar-refractivity contribution >= 4 is 5.69 Å². The third-order valence-corrected chi connectivity index (χ3v) is 3.02. The summed E-state index contributed by atoms with van der Waals surface area (Å²) in [6.45, 7) is 2.31. The summed E-state index contributed by atoms with van der Waals surface area (Å²) in [6.07, 6.45) is 2.78. The summed E-state index contributed by atoms with van der Waals surface area (Å²) in [6, 6.07) is 8.34. The maximum absolute atomic E-state index is 13.3. The lowest BCUT2D eigenvalue weighted by Crippen LogP contribution is -2.18. The number of hydrogen-bond donors (Lipinski definition) is 1. The van der Waals surface area contributed by atoms with Crippen molar-refractivity contribution < 1.29 is 9.50 Å². The molecule has 1 heterocycles. The highest BCUT2D eigenvalue weighted by molar-refractivity contribution is 5.54. The smallest absolute Gasteiger partial charge is 0.123 e. The summed E-state index contributed by atoms with van der Waals surface area (Å²) in [5, 5.41) is 9.74. The molecule has 0 aliphatic rings. The quantitative estimate of drug-likeness (QED) is 0.918. The highest BCUT2D eigenvalue weighted by Crippen LogP contribution is 2.27. The maximum atomic E-state index is 13.3. The van der Waals surface area contributed by atoms with Gasteiger partial charge in [-0.3, -0.25) is 4.98 Å². The van der Waals surface area contributed by atoms with Gasteiger partial charge >= 0.3 is 0 Å². The summed E-state index contributed by atoms with van der Waals surface area (Å²) >= 11 is 0. The molecule has 0 saturated carbocycles. The number of pyridine rings is 1. The zero-order valence-corrected chi connectivity index (χ0v) is 11.0. The first-order chi connectivity index (χ1) is 9.08. The number of hydrogen-bond acceptors (Lipinski definition) is 3. The van der Waals surface area contributed by atoms with E-state index in [4.69, 9.17) is 0 Å². The van der Waals surface area contributed by atoms with E-state index in [0.29, 0.717) is 12.1 Å². The number of rotatable bonds is 4.